The molecule has 0 spiro atoms. The van der Waals surface area contributed by atoms with Crippen LogP contribution in [0.3, 0.4) is 0 Å². The van der Waals surface area contributed by atoms with E-state index in [0.717, 1.165) is 10.7 Å². The third kappa shape index (κ3) is 3.26. The molecule has 0 N–H and O–H groups in total. The molecule has 3 aromatic heterocycles. The van der Waals surface area contributed by atoms with Crippen LogP contribution in [0.25, 0.3) is 11.5 Å². The lowest BCUT2D eigenvalue weighted by Crippen LogP contribution is -2.12. The predicted octanol–water partition coefficient (Wildman–Crippen LogP) is 3.08. The Morgan fingerprint density at radius 2 is 2.23 bits per heavy atom. The standard InChI is InChI=1S/C14H13ClN4O2S/c1-8-14(21-9(2)17-8)12-7-22-13(18-12)3-11(20)6-19-5-10(15)4-16-19/h4-5,7H,3,6H2,1-2H3. The van der Waals surface area contributed by atoms with Crippen LogP contribution in [0, 0.1) is 13.8 Å². The average molecular weight is 337 g/mol. The van der Waals surface area contributed by atoms with Crippen LogP contribution in [0.4, 0.5) is 0 Å². The average Bonchev–Trinajstić information content (AvgIpc) is 3.12. The second-order valence-electron chi connectivity index (χ2n) is 4.85. The number of oxazole rings is 1. The van der Waals surface area contributed by atoms with Crippen LogP contribution >= 0.6 is 22.9 Å². The van der Waals surface area contributed by atoms with Crippen molar-refractivity contribution in [3.05, 3.63) is 39.4 Å². The molecule has 0 aliphatic carbocycles. The van der Waals surface area contributed by atoms with Crippen molar-refractivity contribution in [2.24, 2.45) is 0 Å². The Labute approximate surface area is 135 Å². The highest BCUT2D eigenvalue weighted by atomic mass is 35.5. The third-order valence-corrected chi connectivity index (χ3v) is 4.02. The van der Waals surface area contributed by atoms with E-state index in [9.17, 15) is 4.79 Å². The highest BCUT2D eigenvalue weighted by Crippen LogP contribution is 2.26. The number of Topliss-reactive ketones (excluding diaryl/α,β-unsaturated/α-hetero) is 1. The Hall–Kier alpha value is -1.99. The lowest BCUT2D eigenvalue weighted by molar-refractivity contribution is -0.119. The molecule has 8 heteroatoms. The number of nitrogens with zero attached hydrogens (tertiary/aromatic N) is 4. The number of carbonyl (C=O) groups excluding carboxylic acids is 1. The molecule has 0 saturated carbocycles. The second-order valence-corrected chi connectivity index (χ2v) is 6.22. The molecule has 0 aliphatic rings. The van der Waals surface area contributed by atoms with Crippen molar-refractivity contribution in [1.29, 1.82) is 0 Å². The van der Waals surface area contributed by atoms with Gasteiger partial charge in [0.15, 0.2) is 17.4 Å². The molecular weight excluding hydrogens is 324 g/mol. The first kappa shape index (κ1) is 14.9. The van der Waals surface area contributed by atoms with E-state index in [1.807, 2.05) is 12.3 Å². The van der Waals surface area contributed by atoms with E-state index in [1.165, 1.54) is 22.2 Å². The van der Waals surface area contributed by atoms with E-state index in [2.05, 4.69) is 15.1 Å². The van der Waals surface area contributed by atoms with E-state index in [1.54, 1.807) is 13.1 Å². The van der Waals surface area contributed by atoms with Gasteiger partial charge in [-0.05, 0) is 6.92 Å². The van der Waals surface area contributed by atoms with Crippen molar-refractivity contribution < 1.29 is 9.21 Å². The molecule has 6 nitrogen and oxygen atoms in total. The van der Waals surface area contributed by atoms with E-state index in [4.69, 9.17) is 16.0 Å². The summed E-state index contributed by atoms with van der Waals surface area (Å²) in [7, 11) is 0. The number of hydrogen-bond acceptors (Lipinski definition) is 6. The summed E-state index contributed by atoms with van der Waals surface area (Å²) in [5.74, 6) is 1.28. The smallest absolute Gasteiger partial charge is 0.192 e. The number of halogens is 1. The van der Waals surface area contributed by atoms with Gasteiger partial charge in [0.1, 0.15) is 10.7 Å². The Balaban J connectivity index is 1.69. The molecule has 3 heterocycles. The van der Waals surface area contributed by atoms with E-state index in [0.29, 0.717) is 22.4 Å². The Morgan fingerprint density at radius 3 is 2.86 bits per heavy atom. The normalized spacial score (nSPS) is 11.0. The molecule has 0 saturated heterocycles. The minimum absolute atomic E-state index is 0.0196. The molecule has 114 valence electrons. The van der Waals surface area contributed by atoms with Gasteiger partial charge < -0.3 is 4.42 Å². The molecule has 0 unspecified atom stereocenters. The first-order chi connectivity index (χ1) is 10.5. The molecule has 22 heavy (non-hydrogen) atoms. The van der Waals surface area contributed by atoms with Gasteiger partial charge in [0.2, 0.25) is 0 Å². The van der Waals surface area contributed by atoms with Crippen LogP contribution in [-0.2, 0) is 17.8 Å². The fraction of sp³-hybridized carbons (Fsp3) is 0.286. The highest BCUT2D eigenvalue weighted by molar-refractivity contribution is 7.10. The molecule has 0 atom stereocenters. The first-order valence-corrected chi connectivity index (χ1v) is 7.85. The summed E-state index contributed by atoms with van der Waals surface area (Å²) >= 11 is 7.20. The summed E-state index contributed by atoms with van der Waals surface area (Å²) in [5, 5.41) is 7.12. The number of hydrogen-bond donors (Lipinski definition) is 0. The lowest BCUT2D eigenvalue weighted by Gasteiger charge is -1.98. The topological polar surface area (TPSA) is 73.8 Å². The Bertz CT molecular complexity index is 821. The molecular formula is C14H13ClN4O2S. The SMILES string of the molecule is Cc1nc(C)c(-c2csc(CC(=O)Cn3cc(Cl)cn3)n2)o1. The summed E-state index contributed by atoms with van der Waals surface area (Å²) in [6.07, 6.45) is 3.38. The zero-order valence-corrected chi connectivity index (χ0v) is 13.6. The predicted molar refractivity (Wildman–Crippen MR) is 83.0 cm³/mol. The van der Waals surface area contributed by atoms with Gasteiger partial charge in [-0.25, -0.2) is 9.97 Å². The van der Waals surface area contributed by atoms with E-state index >= 15 is 0 Å². The van der Waals surface area contributed by atoms with Crippen LogP contribution in [0.1, 0.15) is 16.6 Å². The van der Waals surface area contributed by atoms with E-state index < -0.39 is 0 Å². The minimum atomic E-state index is 0.0196. The van der Waals surface area contributed by atoms with Crippen LogP contribution in [0.15, 0.2) is 22.2 Å². The summed E-state index contributed by atoms with van der Waals surface area (Å²) in [6.45, 7) is 3.85. The lowest BCUT2D eigenvalue weighted by atomic mass is 10.3. The van der Waals surface area contributed by atoms with Crippen molar-refractivity contribution in [2.45, 2.75) is 26.8 Å². The summed E-state index contributed by atoms with van der Waals surface area (Å²) < 4.78 is 7.05. The second kappa shape index (κ2) is 6.02. The zero-order valence-electron chi connectivity index (χ0n) is 12.0. The summed E-state index contributed by atoms with van der Waals surface area (Å²) in [4.78, 5) is 20.7. The van der Waals surface area contributed by atoms with Gasteiger partial charge in [0.05, 0.1) is 29.9 Å². The highest BCUT2D eigenvalue weighted by Gasteiger charge is 2.15. The maximum Gasteiger partial charge on any atom is 0.192 e. The van der Waals surface area contributed by atoms with Crippen LogP contribution in [0.5, 0.6) is 0 Å². The van der Waals surface area contributed by atoms with Crippen molar-refractivity contribution in [3.8, 4) is 11.5 Å². The molecule has 0 fully saturated rings. The molecule has 3 aromatic rings. The van der Waals surface area contributed by atoms with Gasteiger partial charge in [-0.15, -0.1) is 11.3 Å². The van der Waals surface area contributed by atoms with Gasteiger partial charge in [-0.3, -0.25) is 9.48 Å². The van der Waals surface area contributed by atoms with Gasteiger partial charge >= 0.3 is 0 Å². The zero-order chi connectivity index (χ0) is 15.7. The molecule has 0 aliphatic heterocycles. The van der Waals surface area contributed by atoms with E-state index in [-0.39, 0.29) is 18.7 Å². The number of aryl methyl sites for hydroxylation is 2. The number of thiazole rings is 1. The van der Waals surface area contributed by atoms with Crippen molar-refractivity contribution >= 4 is 28.7 Å². The first-order valence-electron chi connectivity index (χ1n) is 6.59. The molecule has 0 amide bonds. The maximum atomic E-state index is 12.0. The Morgan fingerprint density at radius 1 is 1.41 bits per heavy atom. The van der Waals surface area contributed by atoms with Gasteiger partial charge in [-0.1, -0.05) is 11.6 Å². The molecule has 0 aromatic carbocycles. The third-order valence-electron chi connectivity index (χ3n) is 2.98. The Kier molecular flexibility index (Phi) is 4.08. The fourth-order valence-electron chi connectivity index (χ4n) is 2.10. The van der Waals surface area contributed by atoms with Crippen LogP contribution < -0.4 is 0 Å². The van der Waals surface area contributed by atoms with Crippen molar-refractivity contribution in [3.63, 3.8) is 0 Å². The monoisotopic (exact) mass is 336 g/mol. The number of ketones is 1. The molecule has 0 bridgehead atoms. The van der Waals surface area contributed by atoms with Crippen molar-refractivity contribution in [1.82, 2.24) is 19.7 Å². The number of rotatable bonds is 5. The largest absolute Gasteiger partial charge is 0.439 e. The van der Waals surface area contributed by atoms with Crippen LogP contribution in [-0.4, -0.2) is 25.5 Å². The summed E-state index contributed by atoms with van der Waals surface area (Å²) in [5.41, 5.74) is 1.51. The number of carbonyl (C=O) groups is 1. The van der Waals surface area contributed by atoms with Gasteiger partial charge in [0, 0.05) is 18.5 Å². The maximum absolute atomic E-state index is 12.0. The van der Waals surface area contributed by atoms with Gasteiger partial charge in [0.25, 0.3) is 0 Å². The van der Waals surface area contributed by atoms with Crippen LogP contribution in [0.2, 0.25) is 5.02 Å². The number of aromatic nitrogens is 4. The summed E-state index contributed by atoms with van der Waals surface area (Å²) in [6, 6.07) is 0. The van der Waals surface area contributed by atoms with Crippen molar-refractivity contribution in [2.75, 3.05) is 0 Å². The quantitative estimate of drug-likeness (QED) is 0.715. The molecule has 3 rings (SSSR count). The minimum Gasteiger partial charge on any atom is -0.439 e. The fourth-order valence-corrected chi connectivity index (χ4v) is 3.05. The van der Waals surface area contributed by atoms with Gasteiger partial charge in [-0.2, -0.15) is 5.10 Å². The molecule has 0 radical (unpaired) electrons.